The number of unbranched alkanes of at least 4 members (excludes halogenated alkanes) is 25. The zero-order chi connectivity index (χ0) is 50.7. The minimum absolute atomic E-state index is 0.0823. The van der Waals surface area contributed by atoms with Crippen molar-refractivity contribution in [3.8, 4) is 0 Å². The Kier molecular flexibility index (Phi) is 54.9. The maximum Gasteiger partial charge on any atom is 0.306 e. The Balaban J connectivity index is 4.25. The van der Waals surface area contributed by atoms with Crippen molar-refractivity contribution in [1.29, 1.82) is 0 Å². The van der Waals surface area contributed by atoms with Crippen LogP contribution < -0.4 is 0 Å². The van der Waals surface area contributed by atoms with Gasteiger partial charge in [-0.1, -0.05) is 246 Å². The fourth-order valence-corrected chi connectivity index (χ4v) is 7.95. The van der Waals surface area contributed by atoms with E-state index in [2.05, 4.69) is 118 Å². The molecule has 0 bridgehead atoms. The predicted molar refractivity (Wildman–Crippen MR) is 302 cm³/mol. The molecule has 0 aliphatic rings. The molecule has 0 aromatic carbocycles. The molecular formula is C64H108O6. The van der Waals surface area contributed by atoms with Gasteiger partial charge < -0.3 is 14.2 Å². The van der Waals surface area contributed by atoms with E-state index in [4.69, 9.17) is 14.2 Å². The average Bonchev–Trinajstić information content (AvgIpc) is 3.36. The Morgan fingerprint density at radius 3 is 0.900 bits per heavy atom. The molecule has 0 fully saturated rings. The Labute approximate surface area is 432 Å². The summed E-state index contributed by atoms with van der Waals surface area (Å²) >= 11 is 0. The lowest BCUT2D eigenvalue weighted by Gasteiger charge is -2.18. The van der Waals surface area contributed by atoms with Crippen LogP contribution in [0.1, 0.15) is 271 Å². The molecule has 0 saturated carbocycles. The molecule has 0 aromatic heterocycles. The first-order valence-electron chi connectivity index (χ1n) is 29.2. The van der Waals surface area contributed by atoms with E-state index in [-0.39, 0.29) is 31.1 Å². The van der Waals surface area contributed by atoms with Gasteiger partial charge in [-0.3, -0.25) is 14.4 Å². The van der Waals surface area contributed by atoms with Crippen molar-refractivity contribution in [3.05, 3.63) is 97.2 Å². The summed E-state index contributed by atoms with van der Waals surface area (Å²) in [5.41, 5.74) is 0. The second-order valence-corrected chi connectivity index (χ2v) is 19.2. The lowest BCUT2D eigenvalue weighted by Crippen LogP contribution is -2.30. The number of hydrogen-bond donors (Lipinski definition) is 0. The van der Waals surface area contributed by atoms with Crippen molar-refractivity contribution in [1.82, 2.24) is 0 Å². The van der Waals surface area contributed by atoms with Gasteiger partial charge in [-0.05, 0) is 103 Å². The van der Waals surface area contributed by atoms with E-state index in [9.17, 15) is 14.4 Å². The molecule has 0 aromatic rings. The summed E-state index contributed by atoms with van der Waals surface area (Å²) in [6.07, 6.45) is 76.9. The highest BCUT2D eigenvalue weighted by Crippen LogP contribution is 2.15. The predicted octanol–water partition coefficient (Wildman–Crippen LogP) is 19.7. The molecule has 1 atom stereocenters. The van der Waals surface area contributed by atoms with Crippen LogP contribution in [0.5, 0.6) is 0 Å². The van der Waals surface area contributed by atoms with Crippen molar-refractivity contribution in [2.45, 2.75) is 277 Å². The molecule has 0 aliphatic carbocycles. The SMILES string of the molecule is CC/C=C\C/C=C\C/C=C\C/C=C\C/C=C\C/C=C\C/C=C\CCCCCCCCCC(=O)OCC(COC(=O)CCCCCCCCCCCC)OC(=O)CCCCCCC/C=C\CCCCCC. The van der Waals surface area contributed by atoms with Gasteiger partial charge in [-0.15, -0.1) is 0 Å². The topological polar surface area (TPSA) is 78.9 Å². The first-order valence-corrected chi connectivity index (χ1v) is 29.2. The molecule has 0 spiro atoms. The molecule has 0 rings (SSSR count). The fraction of sp³-hybridized carbons (Fsp3) is 0.703. The van der Waals surface area contributed by atoms with Gasteiger partial charge in [0.15, 0.2) is 6.10 Å². The molecule has 0 heterocycles. The van der Waals surface area contributed by atoms with Crippen LogP contribution in [-0.4, -0.2) is 37.2 Å². The molecule has 0 saturated heterocycles. The second kappa shape index (κ2) is 57.9. The van der Waals surface area contributed by atoms with E-state index in [1.54, 1.807) is 0 Å². The van der Waals surface area contributed by atoms with E-state index in [1.807, 2.05) is 0 Å². The zero-order valence-corrected chi connectivity index (χ0v) is 45.8. The third kappa shape index (κ3) is 55.3. The number of carbonyl (C=O) groups is 3. The molecule has 0 radical (unpaired) electrons. The lowest BCUT2D eigenvalue weighted by atomic mass is 10.1. The molecule has 70 heavy (non-hydrogen) atoms. The summed E-state index contributed by atoms with van der Waals surface area (Å²) in [5.74, 6) is -0.902. The van der Waals surface area contributed by atoms with Gasteiger partial charge in [0, 0.05) is 19.3 Å². The standard InChI is InChI=1S/C64H108O6/c1-4-7-10-13-16-19-22-24-25-26-27-28-29-30-31-32-33-34-35-36-37-38-39-41-42-45-48-51-54-57-63(66)69-60-61(59-68-62(65)56-53-50-47-44-21-18-15-12-9-6-3)70-64(67)58-55-52-49-46-43-40-23-20-17-14-11-8-5-2/h7,10,16,19-20,23-25,27-28,30-31,33-34,36-37,61H,4-6,8-9,11-15,17-18,21-22,26,29,32,35,38-60H2,1-3H3/b10-7-,19-16-,23-20-,25-24-,28-27-,31-30-,34-33-,37-36-. The van der Waals surface area contributed by atoms with Gasteiger partial charge in [0.1, 0.15) is 13.2 Å². The maximum atomic E-state index is 12.8. The number of carbonyl (C=O) groups excluding carboxylic acids is 3. The third-order valence-corrected chi connectivity index (χ3v) is 12.3. The highest BCUT2D eigenvalue weighted by atomic mass is 16.6. The Morgan fingerprint density at radius 2 is 0.557 bits per heavy atom. The van der Waals surface area contributed by atoms with Crippen LogP contribution in [0.2, 0.25) is 0 Å². The molecule has 6 nitrogen and oxygen atoms in total. The van der Waals surface area contributed by atoms with Gasteiger partial charge in [0.25, 0.3) is 0 Å². The van der Waals surface area contributed by atoms with Crippen LogP contribution in [0.15, 0.2) is 97.2 Å². The first kappa shape index (κ1) is 66.3. The van der Waals surface area contributed by atoms with Crippen LogP contribution in [-0.2, 0) is 28.6 Å². The molecular weight excluding hydrogens is 865 g/mol. The van der Waals surface area contributed by atoms with Crippen LogP contribution in [0.4, 0.5) is 0 Å². The Bertz CT molecular complexity index is 1400. The van der Waals surface area contributed by atoms with Crippen molar-refractivity contribution < 1.29 is 28.6 Å². The number of esters is 3. The summed E-state index contributed by atoms with van der Waals surface area (Å²) in [6.45, 7) is 6.48. The first-order chi connectivity index (χ1) is 34.5. The summed E-state index contributed by atoms with van der Waals surface area (Å²) in [7, 11) is 0. The summed E-state index contributed by atoms with van der Waals surface area (Å²) in [6, 6.07) is 0. The molecule has 0 amide bonds. The summed E-state index contributed by atoms with van der Waals surface area (Å²) < 4.78 is 16.8. The maximum absolute atomic E-state index is 12.8. The lowest BCUT2D eigenvalue weighted by molar-refractivity contribution is -0.167. The van der Waals surface area contributed by atoms with Gasteiger partial charge in [-0.25, -0.2) is 0 Å². The van der Waals surface area contributed by atoms with E-state index >= 15 is 0 Å². The normalized spacial score (nSPS) is 12.8. The highest BCUT2D eigenvalue weighted by Gasteiger charge is 2.19. The quantitative estimate of drug-likeness (QED) is 0.0262. The summed E-state index contributed by atoms with van der Waals surface area (Å²) in [4.78, 5) is 38.0. The molecule has 1 unspecified atom stereocenters. The minimum atomic E-state index is -0.784. The second-order valence-electron chi connectivity index (χ2n) is 19.2. The van der Waals surface area contributed by atoms with E-state index in [0.717, 1.165) is 122 Å². The number of allylic oxidation sites excluding steroid dienone is 16. The van der Waals surface area contributed by atoms with Crippen molar-refractivity contribution in [2.75, 3.05) is 13.2 Å². The average molecular weight is 974 g/mol. The van der Waals surface area contributed by atoms with Crippen LogP contribution in [0.3, 0.4) is 0 Å². The van der Waals surface area contributed by atoms with Crippen LogP contribution >= 0.6 is 0 Å². The van der Waals surface area contributed by atoms with E-state index in [0.29, 0.717) is 19.3 Å². The fourth-order valence-electron chi connectivity index (χ4n) is 7.95. The molecule has 0 aliphatic heterocycles. The molecule has 400 valence electrons. The van der Waals surface area contributed by atoms with Crippen LogP contribution in [0, 0.1) is 0 Å². The van der Waals surface area contributed by atoms with Crippen molar-refractivity contribution >= 4 is 17.9 Å². The Hall–Kier alpha value is -3.67. The smallest absolute Gasteiger partial charge is 0.306 e. The minimum Gasteiger partial charge on any atom is -0.462 e. The molecule has 6 heteroatoms. The van der Waals surface area contributed by atoms with Gasteiger partial charge in [-0.2, -0.15) is 0 Å². The van der Waals surface area contributed by atoms with Crippen LogP contribution in [0.25, 0.3) is 0 Å². The van der Waals surface area contributed by atoms with E-state index in [1.165, 1.54) is 109 Å². The zero-order valence-electron chi connectivity index (χ0n) is 45.8. The molecule has 0 N–H and O–H groups in total. The van der Waals surface area contributed by atoms with E-state index < -0.39 is 6.10 Å². The van der Waals surface area contributed by atoms with Crippen molar-refractivity contribution in [2.24, 2.45) is 0 Å². The summed E-state index contributed by atoms with van der Waals surface area (Å²) in [5, 5.41) is 0. The van der Waals surface area contributed by atoms with Gasteiger partial charge in [0.05, 0.1) is 0 Å². The number of rotatable bonds is 52. The van der Waals surface area contributed by atoms with Gasteiger partial charge in [0.2, 0.25) is 0 Å². The third-order valence-electron chi connectivity index (χ3n) is 12.3. The highest BCUT2D eigenvalue weighted by molar-refractivity contribution is 5.71. The number of ether oxygens (including phenoxy) is 3. The monoisotopic (exact) mass is 973 g/mol. The number of hydrogen-bond acceptors (Lipinski definition) is 6. The Morgan fingerprint density at radius 1 is 0.300 bits per heavy atom. The van der Waals surface area contributed by atoms with Gasteiger partial charge >= 0.3 is 17.9 Å². The largest absolute Gasteiger partial charge is 0.462 e. The van der Waals surface area contributed by atoms with Crippen molar-refractivity contribution in [3.63, 3.8) is 0 Å².